The van der Waals surface area contributed by atoms with Crippen molar-refractivity contribution in [1.82, 2.24) is 4.98 Å². The van der Waals surface area contributed by atoms with E-state index in [-0.39, 0.29) is 6.04 Å². The fourth-order valence-corrected chi connectivity index (χ4v) is 2.78. The molecule has 0 saturated carbocycles. The summed E-state index contributed by atoms with van der Waals surface area (Å²) in [4.78, 5) is 4.27. The molecule has 1 N–H and O–H groups in total. The lowest BCUT2D eigenvalue weighted by atomic mass is 10.1. The predicted octanol–water partition coefficient (Wildman–Crippen LogP) is 5.80. The number of aromatic nitrogens is 1. The Kier molecular flexibility index (Phi) is 5.56. The van der Waals surface area contributed by atoms with E-state index in [2.05, 4.69) is 41.5 Å². The zero-order chi connectivity index (χ0) is 17.6. The first-order valence-electron chi connectivity index (χ1n) is 8.28. The minimum atomic E-state index is 0.157. The second-order valence-electron chi connectivity index (χ2n) is 5.98. The van der Waals surface area contributed by atoms with Gasteiger partial charge in [0.1, 0.15) is 17.5 Å². The number of nitrogens with zero attached hydrogens (tertiary/aromatic N) is 1. The third-order valence-electron chi connectivity index (χ3n) is 4.05. The van der Waals surface area contributed by atoms with Crippen LogP contribution in [0.1, 0.15) is 29.8 Å². The summed E-state index contributed by atoms with van der Waals surface area (Å²) in [6.45, 7) is 4.64. The van der Waals surface area contributed by atoms with Crippen LogP contribution in [0.3, 0.4) is 0 Å². The maximum atomic E-state index is 5.91. The third-order valence-corrected chi connectivity index (χ3v) is 4.26. The van der Waals surface area contributed by atoms with E-state index in [1.54, 1.807) is 6.07 Å². The highest BCUT2D eigenvalue weighted by molar-refractivity contribution is 6.29. The molecule has 3 rings (SSSR count). The number of nitrogens with one attached hydrogen (secondary N) is 1. The normalized spacial score (nSPS) is 11.8. The van der Waals surface area contributed by atoms with Crippen LogP contribution < -0.4 is 10.1 Å². The number of hydrogen-bond acceptors (Lipinski definition) is 3. The molecule has 1 heterocycles. The summed E-state index contributed by atoms with van der Waals surface area (Å²) in [6, 6.07) is 22.2. The molecular weight excluding hydrogens is 332 g/mol. The molecule has 0 bridgehead atoms. The monoisotopic (exact) mass is 352 g/mol. The van der Waals surface area contributed by atoms with Crippen molar-refractivity contribution in [3.05, 3.63) is 88.7 Å². The van der Waals surface area contributed by atoms with Gasteiger partial charge < -0.3 is 10.1 Å². The first-order chi connectivity index (χ1) is 12.1. The number of pyridine rings is 1. The predicted molar refractivity (Wildman–Crippen MR) is 103 cm³/mol. The van der Waals surface area contributed by atoms with E-state index in [4.69, 9.17) is 16.3 Å². The molecule has 0 spiro atoms. The third kappa shape index (κ3) is 4.74. The highest BCUT2D eigenvalue weighted by Gasteiger charge is 2.08. The summed E-state index contributed by atoms with van der Waals surface area (Å²) < 4.78 is 5.83. The molecule has 0 aliphatic carbocycles. The minimum Gasteiger partial charge on any atom is -0.489 e. The SMILES string of the molecule is Cc1nc(Cl)ccc1NC(C)c1ccc(OCc2ccccc2)cc1. The second kappa shape index (κ2) is 8.04. The van der Waals surface area contributed by atoms with Crippen LogP contribution in [0.15, 0.2) is 66.7 Å². The molecule has 0 amide bonds. The average Bonchev–Trinajstić information content (AvgIpc) is 2.63. The van der Waals surface area contributed by atoms with Crippen molar-refractivity contribution in [2.24, 2.45) is 0 Å². The van der Waals surface area contributed by atoms with Gasteiger partial charge in [-0.1, -0.05) is 54.1 Å². The Morgan fingerprint density at radius 3 is 2.40 bits per heavy atom. The number of ether oxygens (including phenoxy) is 1. The molecule has 4 heteroatoms. The van der Waals surface area contributed by atoms with Crippen molar-refractivity contribution in [3.63, 3.8) is 0 Å². The molecular formula is C21H21ClN2O. The molecule has 1 unspecified atom stereocenters. The zero-order valence-electron chi connectivity index (χ0n) is 14.4. The maximum absolute atomic E-state index is 5.91. The molecule has 0 fully saturated rings. The van der Waals surface area contributed by atoms with Crippen LogP contribution in [-0.4, -0.2) is 4.98 Å². The van der Waals surface area contributed by atoms with Crippen LogP contribution in [0.2, 0.25) is 5.15 Å². The number of hydrogen-bond donors (Lipinski definition) is 1. The molecule has 128 valence electrons. The summed E-state index contributed by atoms with van der Waals surface area (Å²) in [6.07, 6.45) is 0. The van der Waals surface area contributed by atoms with E-state index in [1.807, 2.05) is 43.3 Å². The Morgan fingerprint density at radius 1 is 1.00 bits per heavy atom. The molecule has 3 nitrogen and oxygen atoms in total. The van der Waals surface area contributed by atoms with Gasteiger partial charge in [0.15, 0.2) is 0 Å². The summed E-state index contributed by atoms with van der Waals surface area (Å²) in [5.74, 6) is 0.865. The van der Waals surface area contributed by atoms with E-state index < -0.39 is 0 Å². The van der Waals surface area contributed by atoms with Gasteiger partial charge in [-0.3, -0.25) is 0 Å². The summed E-state index contributed by atoms with van der Waals surface area (Å²) in [5.41, 5.74) is 4.22. The molecule has 0 aliphatic rings. The van der Waals surface area contributed by atoms with Gasteiger partial charge in [-0.25, -0.2) is 4.98 Å². The smallest absolute Gasteiger partial charge is 0.129 e. The average molecular weight is 353 g/mol. The summed E-state index contributed by atoms with van der Waals surface area (Å²) >= 11 is 5.91. The summed E-state index contributed by atoms with van der Waals surface area (Å²) in [5, 5.41) is 3.98. The van der Waals surface area contributed by atoms with E-state index in [9.17, 15) is 0 Å². The van der Waals surface area contributed by atoms with Crippen molar-refractivity contribution in [2.75, 3.05) is 5.32 Å². The molecule has 1 aromatic heterocycles. The lowest BCUT2D eigenvalue weighted by Crippen LogP contribution is -2.08. The second-order valence-corrected chi connectivity index (χ2v) is 6.36. The topological polar surface area (TPSA) is 34.2 Å². The van der Waals surface area contributed by atoms with Crippen LogP contribution >= 0.6 is 11.6 Å². The molecule has 0 radical (unpaired) electrons. The van der Waals surface area contributed by atoms with Gasteiger partial charge in [-0.05, 0) is 49.2 Å². The Bertz CT molecular complexity index is 819. The Morgan fingerprint density at radius 2 is 1.72 bits per heavy atom. The molecule has 1 atom stereocenters. The number of rotatable bonds is 6. The lowest BCUT2D eigenvalue weighted by molar-refractivity contribution is 0.306. The molecule has 3 aromatic rings. The van der Waals surface area contributed by atoms with Crippen molar-refractivity contribution in [2.45, 2.75) is 26.5 Å². The fraction of sp³-hybridized carbons (Fsp3) is 0.190. The Labute approximate surface area is 153 Å². The number of anilines is 1. The van der Waals surface area contributed by atoms with Crippen LogP contribution in [0, 0.1) is 6.92 Å². The molecule has 0 saturated heterocycles. The largest absolute Gasteiger partial charge is 0.489 e. The summed E-state index contributed by atoms with van der Waals surface area (Å²) in [7, 11) is 0. The van der Waals surface area contributed by atoms with Gasteiger partial charge in [-0.15, -0.1) is 0 Å². The van der Waals surface area contributed by atoms with E-state index in [1.165, 1.54) is 5.56 Å². The number of halogens is 1. The lowest BCUT2D eigenvalue weighted by Gasteiger charge is -2.17. The Hall–Kier alpha value is -2.52. The number of aryl methyl sites for hydroxylation is 1. The highest BCUT2D eigenvalue weighted by Crippen LogP contribution is 2.24. The van der Waals surface area contributed by atoms with Gasteiger partial charge in [0.05, 0.1) is 11.4 Å². The van der Waals surface area contributed by atoms with Crippen molar-refractivity contribution >= 4 is 17.3 Å². The standard InChI is InChI=1S/C21H21ClN2O/c1-15(23-20-12-13-21(22)24-16(20)2)18-8-10-19(11-9-18)25-14-17-6-4-3-5-7-17/h3-13,15,23H,14H2,1-2H3. The van der Waals surface area contributed by atoms with Gasteiger partial charge in [0, 0.05) is 6.04 Å². The van der Waals surface area contributed by atoms with Gasteiger partial charge in [-0.2, -0.15) is 0 Å². The van der Waals surface area contributed by atoms with Crippen LogP contribution in [0.25, 0.3) is 0 Å². The Balaban J connectivity index is 1.61. The first-order valence-corrected chi connectivity index (χ1v) is 8.66. The van der Waals surface area contributed by atoms with Crippen molar-refractivity contribution in [3.8, 4) is 5.75 Å². The molecule has 2 aromatic carbocycles. The van der Waals surface area contributed by atoms with E-state index in [0.717, 1.165) is 22.7 Å². The van der Waals surface area contributed by atoms with Gasteiger partial charge >= 0.3 is 0 Å². The maximum Gasteiger partial charge on any atom is 0.129 e. The van der Waals surface area contributed by atoms with Crippen molar-refractivity contribution < 1.29 is 4.74 Å². The number of benzene rings is 2. The first kappa shape index (κ1) is 17.3. The van der Waals surface area contributed by atoms with E-state index >= 15 is 0 Å². The highest BCUT2D eigenvalue weighted by atomic mass is 35.5. The molecule has 0 aliphatic heterocycles. The molecule has 25 heavy (non-hydrogen) atoms. The van der Waals surface area contributed by atoms with Crippen molar-refractivity contribution in [1.29, 1.82) is 0 Å². The zero-order valence-corrected chi connectivity index (χ0v) is 15.1. The van der Waals surface area contributed by atoms with Crippen LogP contribution in [0.4, 0.5) is 5.69 Å². The van der Waals surface area contributed by atoms with Gasteiger partial charge in [0.25, 0.3) is 0 Å². The van der Waals surface area contributed by atoms with E-state index in [0.29, 0.717) is 11.8 Å². The van der Waals surface area contributed by atoms with Gasteiger partial charge in [0.2, 0.25) is 0 Å². The quantitative estimate of drug-likeness (QED) is 0.569. The fourth-order valence-electron chi connectivity index (χ4n) is 2.59. The minimum absolute atomic E-state index is 0.157. The van der Waals surface area contributed by atoms with Crippen LogP contribution in [-0.2, 0) is 6.61 Å². The van der Waals surface area contributed by atoms with Crippen LogP contribution in [0.5, 0.6) is 5.75 Å².